The number of carbonyl (C=O) groups is 1. The normalized spacial score (nSPS) is 22.4. The van der Waals surface area contributed by atoms with Crippen molar-refractivity contribution in [3.63, 3.8) is 0 Å². The van der Waals surface area contributed by atoms with Gasteiger partial charge in [0.1, 0.15) is 17.3 Å². The number of hydrogen-bond donors (Lipinski definition) is 0. The fourth-order valence-corrected chi connectivity index (χ4v) is 8.52. The van der Waals surface area contributed by atoms with Gasteiger partial charge in [-0.15, -0.1) is 0 Å². The van der Waals surface area contributed by atoms with E-state index in [1.54, 1.807) is 31.3 Å². The van der Waals surface area contributed by atoms with Crippen LogP contribution in [0.3, 0.4) is 0 Å². The van der Waals surface area contributed by atoms with Crippen molar-refractivity contribution in [3.8, 4) is 5.69 Å². The van der Waals surface area contributed by atoms with Gasteiger partial charge in [-0.2, -0.15) is 0 Å². The van der Waals surface area contributed by atoms with Crippen molar-refractivity contribution in [2.75, 3.05) is 0 Å². The maximum Gasteiger partial charge on any atom is 0.187 e. The fraction of sp³-hybridized carbons (Fsp3) is 0.312. The van der Waals surface area contributed by atoms with Crippen LogP contribution in [0.5, 0.6) is 0 Å². The summed E-state index contributed by atoms with van der Waals surface area (Å²) in [5.41, 5.74) is 3.51. The second-order valence-corrected chi connectivity index (χ2v) is 13.5. The summed E-state index contributed by atoms with van der Waals surface area (Å²) < 4.78 is 57.6. The van der Waals surface area contributed by atoms with E-state index in [0.717, 1.165) is 28.6 Å². The summed E-state index contributed by atoms with van der Waals surface area (Å²) in [6.07, 6.45) is 5.56. The Hall–Kier alpha value is -3.65. The largest absolute Gasteiger partial charge is 0.321 e. The molecule has 8 heteroatoms. The monoisotopic (exact) mass is 560 g/mol. The van der Waals surface area contributed by atoms with E-state index >= 15 is 0 Å². The van der Waals surface area contributed by atoms with Gasteiger partial charge < -0.3 is 4.57 Å². The highest BCUT2D eigenvalue weighted by molar-refractivity contribution is 7.92. The van der Waals surface area contributed by atoms with Crippen molar-refractivity contribution in [1.82, 2.24) is 9.55 Å². The van der Waals surface area contributed by atoms with Crippen LogP contribution in [0.25, 0.3) is 5.69 Å². The molecule has 2 aliphatic rings. The number of hydrogen-bond acceptors (Lipinski definition) is 4. The maximum absolute atomic E-state index is 14.4. The number of pyridine rings is 1. The number of benzene rings is 2. The molecule has 2 aliphatic carbocycles. The molecule has 40 heavy (non-hydrogen) atoms. The van der Waals surface area contributed by atoms with Crippen molar-refractivity contribution in [2.45, 2.75) is 56.1 Å². The molecule has 0 spiro atoms. The van der Waals surface area contributed by atoms with E-state index in [4.69, 9.17) is 0 Å². The van der Waals surface area contributed by atoms with Gasteiger partial charge in [0, 0.05) is 29.2 Å². The Balaban J connectivity index is 1.43. The average molecular weight is 561 g/mol. The number of fused-ring (bicyclic) bond motifs is 2. The van der Waals surface area contributed by atoms with Crippen LogP contribution in [0.4, 0.5) is 8.78 Å². The first-order valence-electron chi connectivity index (χ1n) is 13.5. The number of rotatable bonds is 5. The van der Waals surface area contributed by atoms with Crippen molar-refractivity contribution < 1.29 is 22.0 Å². The molecule has 0 N–H and O–H groups in total. The topological polar surface area (TPSA) is 69.0 Å². The summed E-state index contributed by atoms with van der Waals surface area (Å²) in [7, 11) is -3.89. The van der Waals surface area contributed by atoms with E-state index in [0.29, 0.717) is 36.9 Å². The van der Waals surface area contributed by atoms with Crippen molar-refractivity contribution >= 4 is 15.6 Å². The third-order valence-electron chi connectivity index (χ3n) is 8.86. The van der Waals surface area contributed by atoms with Crippen molar-refractivity contribution in [2.24, 2.45) is 11.3 Å². The number of halogens is 2. The highest BCUT2D eigenvalue weighted by Gasteiger charge is 2.55. The molecule has 0 amide bonds. The minimum Gasteiger partial charge on any atom is -0.321 e. The van der Waals surface area contributed by atoms with Crippen molar-refractivity contribution in [3.05, 3.63) is 113 Å². The number of sulfone groups is 1. The summed E-state index contributed by atoms with van der Waals surface area (Å²) in [5.74, 6) is -1.12. The summed E-state index contributed by atoms with van der Waals surface area (Å²) in [5, 5.41) is -0.819. The van der Waals surface area contributed by atoms with Crippen LogP contribution in [0.15, 0.2) is 78.0 Å². The first kappa shape index (κ1) is 26.6. The Morgan fingerprint density at radius 3 is 2.50 bits per heavy atom. The van der Waals surface area contributed by atoms with Gasteiger partial charge in [-0.3, -0.25) is 9.78 Å². The molecule has 2 aromatic heterocycles. The van der Waals surface area contributed by atoms with E-state index in [2.05, 4.69) is 4.98 Å². The standard InChI is InChI=1S/C32H30F2N2O3S/c1-20-11-13-35-29(15-20)31(37)32-18-22-12-14-36(25-7-5-24(33)6-8-25)30(22)16-23(32)4-10-27(19-32)40(38,39)26-9-3-21(2)28(34)17-26/h3,5-9,11-15,17,23,27H,4,10,16,18-19H2,1-2H3/t23?,27-,32-/m0/s1. The van der Waals surface area contributed by atoms with Gasteiger partial charge in [0.2, 0.25) is 0 Å². The molecule has 0 saturated heterocycles. The molecule has 1 unspecified atom stereocenters. The quantitative estimate of drug-likeness (QED) is 0.266. The molecule has 5 nitrogen and oxygen atoms in total. The number of aryl methyl sites for hydroxylation is 2. The Labute approximate surface area is 232 Å². The molecular weight excluding hydrogens is 530 g/mol. The van der Waals surface area contributed by atoms with Gasteiger partial charge >= 0.3 is 0 Å². The van der Waals surface area contributed by atoms with Crippen LogP contribution in [-0.4, -0.2) is 29.0 Å². The second-order valence-electron chi connectivity index (χ2n) is 11.3. The predicted molar refractivity (Wildman–Crippen MR) is 148 cm³/mol. The predicted octanol–water partition coefficient (Wildman–Crippen LogP) is 6.38. The van der Waals surface area contributed by atoms with Gasteiger partial charge in [-0.1, -0.05) is 6.07 Å². The van der Waals surface area contributed by atoms with E-state index in [1.165, 1.54) is 24.3 Å². The zero-order chi connectivity index (χ0) is 28.2. The van der Waals surface area contributed by atoms with Crippen molar-refractivity contribution in [1.29, 1.82) is 0 Å². The lowest BCUT2D eigenvalue weighted by Crippen LogP contribution is -2.51. The summed E-state index contributed by atoms with van der Waals surface area (Å²) in [6.45, 7) is 3.49. The van der Waals surface area contributed by atoms with Crippen LogP contribution in [0.2, 0.25) is 0 Å². The summed E-state index contributed by atoms with van der Waals surface area (Å²) in [4.78, 5) is 18.7. The fourth-order valence-electron chi connectivity index (χ4n) is 6.65. The third kappa shape index (κ3) is 4.38. The third-order valence-corrected chi connectivity index (χ3v) is 11.0. The van der Waals surface area contributed by atoms with Gasteiger partial charge in [0.15, 0.2) is 15.6 Å². The molecule has 1 fully saturated rings. The molecule has 4 aromatic rings. The molecule has 0 bridgehead atoms. The van der Waals surface area contributed by atoms with Gasteiger partial charge in [0.05, 0.1) is 10.1 Å². The molecule has 3 atom stereocenters. The number of ketones is 1. The Bertz CT molecular complexity index is 1730. The van der Waals surface area contributed by atoms with Crippen LogP contribution in [-0.2, 0) is 22.7 Å². The van der Waals surface area contributed by atoms with E-state index in [9.17, 15) is 22.0 Å². The molecule has 2 aromatic carbocycles. The lowest BCUT2D eigenvalue weighted by atomic mass is 9.56. The lowest BCUT2D eigenvalue weighted by Gasteiger charge is -2.48. The zero-order valence-electron chi connectivity index (χ0n) is 22.4. The minimum absolute atomic E-state index is 0.0470. The SMILES string of the molecule is Cc1ccnc(C(=O)[C@]23Cc4ccn(-c5ccc(F)cc5)c4CC2CC[C@H](S(=O)(=O)c2ccc(C)c(F)c2)C3)c1. The first-order valence-corrected chi connectivity index (χ1v) is 15.1. The second kappa shape index (κ2) is 9.77. The Morgan fingerprint density at radius 2 is 1.77 bits per heavy atom. The highest BCUT2D eigenvalue weighted by Crippen LogP contribution is 2.53. The number of aromatic nitrogens is 2. The van der Waals surface area contributed by atoms with E-state index < -0.39 is 26.3 Å². The lowest BCUT2D eigenvalue weighted by molar-refractivity contribution is 0.0487. The molecule has 2 heterocycles. The molecule has 0 radical (unpaired) electrons. The van der Waals surface area contributed by atoms with Crippen LogP contribution < -0.4 is 0 Å². The molecule has 206 valence electrons. The number of Topliss-reactive ketones (excluding diaryl/α,β-unsaturated/α-hetero) is 1. The first-order chi connectivity index (χ1) is 19.1. The maximum atomic E-state index is 14.4. The van der Waals surface area contributed by atoms with Gasteiger partial charge in [0.25, 0.3) is 0 Å². The number of nitrogens with zero attached hydrogens (tertiary/aromatic N) is 2. The highest BCUT2D eigenvalue weighted by atomic mass is 32.2. The molecular formula is C32H30F2N2O3S. The Morgan fingerprint density at radius 1 is 1.00 bits per heavy atom. The molecule has 1 saturated carbocycles. The summed E-state index contributed by atoms with van der Waals surface area (Å²) >= 11 is 0. The van der Waals surface area contributed by atoms with Crippen LogP contribution >= 0.6 is 0 Å². The van der Waals surface area contributed by atoms with Crippen LogP contribution in [0.1, 0.15) is 52.1 Å². The van der Waals surface area contributed by atoms with Gasteiger partial charge in [-0.25, -0.2) is 17.2 Å². The molecule has 0 aliphatic heterocycles. The van der Waals surface area contributed by atoms with Gasteiger partial charge in [-0.05, 0) is 123 Å². The number of carbonyl (C=O) groups excluding carboxylic acids is 1. The van der Waals surface area contributed by atoms with E-state index in [1.807, 2.05) is 29.8 Å². The van der Waals surface area contributed by atoms with E-state index in [-0.39, 0.29) is 28.8 Å². The van der Waals surface area contributed by atoms with Crippen LogP contribution in [0, 0.1) is 36.8 Å². The average Bonchev–Trinajstić information content (AvgIpc) is 3.35. The molecule has 6 rings (SSSR count). The smallest absolute Gasteiger partial charge is 0.187 e. The summed E-state index contributed by atoms with van der Waals surface area (Å²) in [6, 6.07) is 15.9. The zero-order valence-corrected chi connectivity index (χ0v) is 23.2. The Kier molecular flexibility index (Phi) is 6.49. The minimum atomic E-state index is -3.89.